The summed E-state index contributed by atoms with van der Waals surface area (Å²) in [5, 5.41) is 2.35. The molecule has 4 aliphatic heterocycles. The molecule has 8 nitrogen and oxygen atoms in total. The summed E-state index contributed by atoms with van der Waals surface area (Å²) in [7, 11) is 0. The number of nitrogens with zero attached hydrogens (tertiary/aromatic N) is 2. The molecular formula is C24H32N4O4. The van der Waals surface area contributed by atoms with Crippen LogP contribution in [0.15, 0.2) is 18.2 Å². The van der Waals surface area contributed by atoms with Crippen molar-refractivity contribution in [2.75, 3.05) is 19.7 Å². The van der Waals surface area contributed by atoms with E-state index in [0.29, 0.717) is 30.6 Å². The lowest BCUT2D eigenvalue weighted by Crippen LogP contribution is -2.52. The summed E-state index contributed by atoms with van der Waals surface area (Å²) in [6, 6.07) is 5.74. The summed E-state index contributed by atoms with van der Waals surface area (Å²) in [6.45, 7) is 4.15. The van der Waals surface area contributed by atoms with Crippen LogP contribution in [0.5, 0.6) is 0 Å². The fourth-order valence-corrected chi connectivity index (χ4v) is 5.65. The molecule has 3 N–H and O–H groups in total. The molecule has 4 aliphatic rings. The van der Waals surface area contributed by atoms with Crippen LogP contribution in [0.25, 0.3) is 0 Å². The second kappa shape index (κ2) is 8.92. The molecule has 0 aromatic heterocycles. The van der Waals surface area contributed by atoms with Crippen molar-refractivity contribution >= 4 is 17.7 Å². The number of nitrogens with one attached hydrogen (secondary N) is 1. The van der Waals surface area contributed by atoms with Crippen LogP contribution in [0.2, 0.25) is 0 Å². The Balaban J connectivity index is 1.18. The number of rotatable bonds is 4. The Bertz CT molecular complexity index is 911. The van der Waals surface area contributed by atoms with Gasteiger partial charge in [0.1, 0.15) is 6.04 Å². The van der Waals surface area contributed by atoms with Crippen molar-refractivity contribution in [3.63, 3.8) is 0 Å². The lowest BCUT2D eigenvalue weighted by Gasteiger charge is -2.38. The number of carbonyl (C=O) groups excluding carboxylic acids is 3. The van der Waals surface area contributed by atoms with Gasteiger partial charge in [-0.05, 0) is 68.3 Å². The van der Waals surface area contributed by atoms with Crippen molar-refractivity contribution in [1.82, 2.24) is 15.1 Å². The van der Waals surface area contributed by atoms with Crippen LogP contribution in [-0.2, 0) is 27.4 Å². The minimum atomic E-state index is -0.565. The van der Waals surface area contributed by atoms with Crippen LogP contribution >= 0.6 is 0 Å². The maximum Gasteiger partial charge on any atom is 0.255 e. The van der Waals surface area contributed by atoms with Gasteiger partial charge in [-0.2, -0.15) is 0 Å². The Morgan fingerprint density at radius 3 is 2.66 bits per heavy atom. The molecule has 172 valence electrons. The third-order valence-corrected chi connectivity index (χ3v) is 7.51. The van der Waals surface area contributed by atoms with Crippen molar-refractivity contribution in [3.8, 4) is 0 Å². The molecule has 3 atom stereocenters. The van der Waals surface area contributed by atoms with Crippen molar-refractivity contribution in [1.29, 1.82) is 0 Å². The van der Waals surface area contributed by atoms with Gasteiger partial charge in [0.05, 0.1) is 6.10 Å². The van der Waals surface area contributed by atoms with Gasteiger partial charge in [-0.25, -0.2) is 0 Å². The largest absolute Gasteiger partial charge is 0.378 e. The number of carbonyl (C=O) groups is 3. The third kappa shape index (κ3) is 4.31. The Hall–Kier alpha value is -2.29. The van der Waals surface area contributed by atoms with Gasteiger partial charge in [-0.15, -0.1) is 0 Å². The highest BCUT2D eigenvalue weighted by Gasteiger charge is 2.39. The van der Waals surface area contributed by atoms with E-state index in [1.807, 2.05) is 12.1 Å². The van der Waals surface area contributed by atoms with Crippen LogP contribution < -0.4 is 11.1 Å². The Morgan fingerprint density at radius 2 is 1.91 bits per heavy atom. The van der Waals surface area contributed by atoms with E-state index in [-0.39, 0.29) is 30.2 Å². The van der Waals surface area contributed by atoms with Crippen molar-refractivity contribution in [2.24, 2.45) is 11.7 Å². The van der Waals surface area contributed by atoms with Crippen molar-refractivity contribution in [2.45, 2.75) is 69.8 Å². The minimum Gasteiger partial charge on any atom is -0.378 e. The van der Waals surface area contributed by atoms with Gasteiger partial charge >= 0.3 is 0 Å². The monoisotopic (exact) mass is 440 g/mol. The molecule has 3 amide bonds. The zero-order chi connectivity index (χ0) is 22.2. The van der Waals surface area contributed by atoms with E-state index in [2.05, 4.69) is 16.3 Å². The SMILES string of the molecule is NC1CCOC(C2CCN(Cc3ccc4c(c3)CN(C3CCC(=O)NC3=O)C4=O)CC2)C1. The normalized spacial score (nSPS) is 29.8. The number of hydrogen-bond acceptors (Lipinski definition) is 6. The lowest BCUT2D eigenvalue weighted by molar-refractivity contribution is -0.136. The van der Waals surface area contributed by atoms with Gasteiger partial charge in [0.2, 0.25) is 11.8 Å². The highest BCUT2D eigenvalue weighted by molar-refractivity contribution is 6.05. The zero-order valence-electron chi connectivity index (χ0n) is 18.4. The number of imide groups is 1. The van der Waals surface area contributed by atoms with E-state index >= 15 is 0 Å². The van der Waals surface area contributed by atoms with Gasteiger partial charge in [0, 0.05) is 37.7 Å². The number of hydrogen-bond donors (Lipinski definition) is 2. The van der Waals surface area contributed by atoms with E-state index in [1.165, 1.54) is 5.56 Å². The molecule has 3 fully saturated rings. The third-order valence-electron chi connectivity index (χ3n) is 7.51. The first-order valence-corrected chi connectivity index (χ1v) is 11.8. The smallest absolute Gasteiger partial charge is 0.255 e. The van der Waals surface area contributed by atoms with Crippen molar-refractivity contribution in [3.05, 3.63) is 34.9 Å². The average molecular weight is 441 g/mol. The number of benzene rings is 1. The summed E-state index contributed by atoms with van der Waals surface area (Å²) < 4.78 is 5.99. The molecule has 8 heteroatoms. The first-order chi connectivity index (χ1) is 15.5. The Morgan fingerprint density at radius 1 is 1.09 bits per heavy atom. The van der Waals surface area contributed by atoms with Gasteiger partial charge in [0.25, 0.3) is 5.91 Å². The molecule has 0 spiro atoms. The number of fused-ring (bicyclic) bond motifs is 1. The summed E-state index contributed by atoms with van der Waals surface area (Å²) in [6.07, 6.45) is 5.18. The second-order valence-corrected chi connectivity index (χ2v) is 9.70. The predicted molar refractivity (Wildman–Crippen MR) is 117 cm³/mol. The number of amides is 3. The van der Waals surface area contributed by atoms with Crippen LogP contribution in [0.3, 0.4) is 0 Å². The van der Waals surface area contributed by atoms with E-state index in [4.69, 9.17) is 10.5 Å². The van der Waals surface area contributed by atoms with E-state index in [9.17, 15) is 14.4 Å². The van der Waals surface area contributed by atoms with E-state index in [1.54, 1.807) is 4.90 Å². The quantitative estimate of drug-likeness (QED) is 0.681. The first-order valence-electron chi connectivity index (χ1n) is 11.8. The second-order valence-electron chi connectivity index (χ2n) is 9.70. The topological polar surface area (TPSA) is 105 Å². The molecule has 1 aromatic rings. The summed E-state index contributed by atoms with van der Waals surface area (Å²) in [4.78, 5) is 40.6. The molecule has 0 aliphatic carbocycles. The van der Waals surface area contributed by atoms with E-state index < -0.39 is 6.04 Å². The molecule has 4 heterocycles. The highest BCUT2D eigenvalue weighted by Crippen LogP contribution is 2.31. The molecule has 3 unspecified atom stereocenters. The molecule has 32 heavy (non-hydrogen) atoms. The summed E-state index contributed by atoms with van der Waals surface area (Å²) in [5.41, 5.74) is 8.96. The maximum absolute atomic E-state index is 12.9. The molecular weight excluding hydrogens is 408 g/mol. The van der Waals surface area contributed by atoms with Crippen LogP contribution in [0, 0.1) is 5.92 Å². The summed E-state index contributed by atoms with van der Waals surface area (Å²) in [5.74, 6) is -0.155. The van der Waals surface area contributed by atoms with Gasteiger partial charge < -0.3 is 15.4 Å². The standard InChI is InChI=1S/C24H32N4O4/c25-18-7-10-32-21(12-18)16-5-8-27(9-6-16)13-15-1-2-19-17(11-15)14-28(24(19)31)20-3-4-22(29)26-23(20)30/h1-2,11,16,18,20-21H,3-10,12-14,25H2,(H,26,29,30). The van der Waals surface area contributed by atoms with Gasteiger partial charge in [0.15, 0.2) is 0 Å². The molecule has 0 saturated carbocycles. The zero-order valence-corrected chi connectivity index (χ0v) is 18.4. The number of ether oxygens (including phenoxy) is 1. The maximum atomic E-state index is 12.9. The van der Waals surface area contributed by atoms with Crippen molar-refractivity contribution < 1.29 is 19.1 Å². The fraction of sp³-hybridized carbons (Fsp3) is 0.625. The number of likely N-dealkylation sites (tertiary alicyclic amines) is 1. The summed E-state index contributed by atoms with van der Waals surface area (Å²) >= 11 is 0. The molecule has 0 bridgehead atoms. The van der Waals surface area contributed by atoms with Gasteiger partial charge in [-0.3, -0.25) is 24.6 Å². The van der Waals surface area contributed by atoms with E-state index in [0.717, 1.165) is 57.5 Å². The first kappa shape index (κ1) is 21.6. The van der Waals surface area contributed by atoms with Crippen LogP contribution in [0.1, 0.15) is 60.0 Å². The van der Waals surface area contributed by atoms with Crippen LogP contribution in [-0.4, -0.2) is 65.4 Å². The Kier molecular flexibility index (Phi) is 6.01. The highest BCUT2D eigenvalue weighted by atomic mass is 16.5. The van der Waals surface area contributed by atoms with Crippen LogP contribution in [0.4, 0.5) is 0 Å². The number of nitrogens with two attached hydrogens (primary N) is 1. The van der Waals surface area contributed by atoms with Gasteiger partial charge in [-0.1, -0.05) is 12.1 Å². The molecule has 5 rings (SSSR count). The lowest BCUT2D eigenvalue weighted by atomic mass is 9.86. The predicted octanol–water partition coefficient (Wildman–Crippen LogP) is 1.17. The molecule has 1 aromatic carbocycles. The number of piperidine rings is 2. The fourth-order valence-electron chi connectivity index (χ4n) is 5.65. The average Bonchev–Trinajstić information content (AvgIpc) is 3.10. The Labute approximate surface area is 188 Å². The minimum absolute atomic E-state index is 0.118. The molecule has 3 saturated heterocycles. The molecule has 0 radical (unpaired) electrons.